The monoisotopic (exact) mass is 613 g/mol. The number of unbranched alkanes of at least 4 members (excludes halogenated alkanes) is 2. The molecule has 0 aliphatic heterocycles. The third-order valence-electron chi connectivity index (χ3n) is 11.2. The second kappa shape index (κ2) is 13.5. The molecule has 45 heavy (non-hydrogen) atoms. The van der Waals surface area contributed by atoms with Gasteiger partial charge in [-0.05, 0) is 122 Å². The number of halogens is 1. The van der Waals surface area contributed by atoms with Crippen LogP contribution in [0.4, 0.5) is 4.39 Å². The highest BCUT2D eigenvalue weighted by atomic mass is 19.1. The van der Waals surface area contributed by atoms with Crippen molar-refractivity contribution in [3.63, 3.8) is 0 Å². The smallest absolute Gasteiger partial charge is 0.254 e. The van der Waals surface area contributed by atoms with Crippen LogP contribution in [0.5, 0.6) is 11.5 Å². The van der Waals surface area contributed by atoms with Crippen LogP contribution in [0.25, 0.3) is 0 Å². The van der Waals surface area contributed by atoms with Crippen molar-refractivity contribution in [2.24, 2.45) is 23.2 Å². The second-order valence-corrected chi connectivity index (χ2v) is 13.9. The summed E-state index contributed by atoms with van der Waals surface area (Å²) in [5, 5.41) is 21.2. The Kier molecular flexibility index (Phi) is 9.51. The van der Waals surface area contributed by atoms with Gasteiger partial charge in [0, 0.05) is 24.6 Å². The van der Waals surface area contributed by atoms with Crippen molar-refractivity contribution in [1.29, 1.82) is 0 Å². The third-order valence-corrected chi connectivity index (χ3v) is 11.2. The SMILES string of the molecule is CCOc1ccc(C(=O)N(CCCCC[C@@H]2Cc3cc(O)ccc3C3C2C2CC[C@H](O)[C@@]2(C)C[C@@H]3F)Cc2ccccc2)cc1. The van der Waals surface area contributed by atoms with Gasteiger partial charge in [-0.3, -0.25) is 4.79 Å². The summed E-state index contributed by atoms with van der Waals surface area (Å²) in [6.07, 6.45) is 5.39. The Morgan fingerprint density at radius 3 is 2.56 bits per heavy atom. The zero-order valence-corrected chi connectivity index (χ0v) is 26.7. The summed E-state index contributed by atoms with van der Waals surface area (Å²) in [6, 6.07) is 23.0. The van der Waals surface area contributed by atoms with Crippen molar-refractivity contribution in [3.05, 3.63) is 95.1 Å². The van der Waals surface area contributed by atoms with E-state index in [0.717, 1.165) is 67.4 Å². The molecule has 0 bridgehead atoms. The zero-order valence-electron chi connectivity index (χ0n) is 26.7. The lowest BCUT2D eigenvalue weighted by atomic mass is 9.51. The van der Waals surface area contributed by atoms with Gasteiger partial charge < -0.3 is 19.8 Å². The summed E-state index contributed by atoms with van der Waals surface area (Å²) in [6.45, 7) is 5.86. The number of hydrogen-bond acceptors (Lipinski definition) is 4. The standard InChI is InChI=1S/C39H48FNO4/c1-3-45-31-16-13-27(14-17-31)38(44)41(25-26-10-6-4-7-11-26)21-9-5-8-12-28-22-29-23-30(42)15-18-32(29)37-34(40)24-39(2)33(36(28)37)19-20-35(39)43/h4,6-7,10-11,13-18,23,28,33-37,42-43H,3,5,8-9,12,19-22,24-25H2,1-2H3/t28-,33?,34+,35+,36?,37?,39+/m1/s1. The molecule has 6 heteroatoms. The molecule has 5 nitrogen and oxygen atoms in total. The Labute approximate surface area is 267 Å². The number of ether oxygens (including phenoxy) is 1. The molecule has 3 unspecified atom stereocenters. The van der Waals surface area contributed by atoms with Gasteiger partial charge in [-0.2, -0.15) is 0 Å². The minimum atomic E-state index is -0.991. The number of phenolic OH excluding ortho intramolecular Hbond substituents is 1. The van der Waals surface area contributed by atoms with E-state index in [2.05, 4.69) is 19.1 Å². The Hall–Kier alpha value is -3.38. The van der Waals surface area contributed by atoms with Gasteiger partial charge >= 0.3 is 0 Å². The molecule has 0 heterocycles. The summed E-state index contributed by atoms with van der Waals surface area (Å²) in [5.41, 5.74) is 3.54. The molecule has 0 radical (unpaired) electrons. The predicted molar refractivity (Wildman–Crippen MR) is 175 cm³/mol. The minimum Gasteiger partial charge on any atom is -0.508 e. The highest BCUT2D eigenvalue weighted by Gasteiger charge is 2.59. The summed E-state index contributed by atoms with van der Waals surface area (Å²) in [5.74, 6) is 1.67. The lowest BCUT2D eigenvalue weighted by molar-refractivity contribution is -0.0722. The van der Waals surface area contributed by atoms with Crippen LogP contribution in [0.15, 0.2) is 72.8 Å². The molecule has 6 rings (SSSR count). The van der Waals surface area contributed by atoms with Crippen LogP contribution in [0.1, 0.15) is 91.8 Å². The van der Waals surface area contributed by atoms with Gasteiger partial charge in [0.2, 0.25) is 0 Å². The zero-order chi connectivity index (χ0) is 31.6. The van der Waals surface area contributed by atoms with Gasteiger partial charge in [0.25, 0.3) is 5.91 Å². The van der Waals surface area contributed by atoms with E-state index in [1.54, 1.807) is 6.07 Å². The minimum absolute atomic E-state index is 0.0173. The van der Waals surface area contributed by atoms with E-state index < -0.39 is 12.3 Å². The Bertz CT molecular complexity index is 1450. The Balaban J connectivity index is 1.13. The quantitative estimate of drug-likeness (QED) is 0.215. The van der Waals surface area contributed by atoms with Crippen LogP contribution < -0.4 is 4.74 Å². The maximum absolute atomic E-state index is 16.1. The van der Waals surface area contributed by atoms with E-state index in [-0.39, 0.29) is 28.9 Å². The molecule has 2 saturated carbocycles. The van der Waals surface area contributed by atoms with Crippen LogP contribution in [-0.4, -0.2) is 46.4 Å². The number of phenols is 1. The molecule has 240 valence electrons. The number of fused-ring (bicyclic) bond motifs is 5. The molecule has 3 aromatic carbocycles. The van der Waals surface area contributed by atoms with Crippen molar-refractivity contribution in [3.8, 4) is 11.5 Å². The molecule has 0 saturated heterocycles. The fourth-order valence-corrected chi connectivity index (χ4v) is 9.02. The van der Waals surface area contributed by atoms with Crippen LogP contribution in [0.2, 0.25) is 0 Å². The summed E-state index contributed by atoms with van der Waals surface area (Å²) < 4.78 is 21.7. The van der Waals surface area contributed by atoms with E-state index in [9.17, 15) is 15.0 Å². The first-order chi connectivity index (χ1) is 21.8. The van der Waals surface area contributed by atoms with Crippen LogP contribution >= 0.6 is 0 Å². The summed E-state index contributed by atoms with van der Waals surface area (Å²) >= 11 is 0. The second-order valence-electron chi connectivity index (χ2n) is 13.9. The van der Waals surface area contributed by atoms with Crippen molar-refractivity contribution in [1.82, 2.24) is 4.90 Å². The first-order valence-electron chi connectivity index (χ1n) is 17.0. The molecule has 7 atom stereocenters. The normalized spacial score (nSPS) is 28.5. The molecule has 0 aromatic heterocycles. The van der Waals surface area contributed by atoms with Gasteiger partial charge in [-0.25, -0.2) is 4.39 Å². The Morgan fingerprint density at radius 2 is 1.80 bits per heavy atom. The van der Waals surface area contributed by atoms with E-state index in [0.29, 0.717) is 43.5 Å². The number of carbonyl (C=O) groups excluding carboxylic acids is 1. The van der Waals surface area contributed by atoms with Crippen LogP contribution in [0, 0.1) is 23.2 Å². The summed E-state index contributed by atoms with van der Waals surface area (Å²) in [7, 11) is 0. The number of aliphatic hydroxyl groups excluding tert-OH is 1. The number of amides is 1. The van der Waals surface area contributed by atoms with Gasteiger partial charge in [0.15, 0.2) is 0 Å². The van der Waals surface area contributed by atoms with Crippen molar-refractivity contribution in [2.75, 3.05) is 13.2 Å². The number of benzene rings is 3. The number of hydrogen-bond donors (Lipinski definition) is 2. The lowest BCUT2D eigenvalue weighted by Crippen LogP contribution is -2.51. The average molecular weight is 614 g/mol. The van der Waals surface area contributed by atoms with Crippen LogP contribution in [-0.2, 0) is 13.0 Å². The van der Waals surface area contributed by atoms with Crippen molar-refractivity contribution < 1.29 is 24.1 Å². The van der Waals surface area contributed by atoms with E-state index in [1.807, 2.05) is 66.4 Å². The fourth-order valence-electron chi connectivity index (χ4n) is 9.02. The van der Waals surface area contributed by atoms with Gasteiger partial charge in [0.05, 0.1) is 12.7 Å². The first kappa shape index (κ1) is 31.6. The third kappa shape index (κ3) is 6.49. The molecular weight excluding hydrogens is 565 g/mol. The molecule has 0 spiro atoms. The van der Waals surface area contributed by atoms with Gasteiger partial charge in [-0.15, -0.1) is 0 Å². The molecule has 2 N–H and O–H groups in total. The van der Waals surface area contributed by atoms with Gasteiger partial charge in [0.1, 0.15) is 17.7 Å². The highest BCUT2D eigenvalue weighted by Crippen LogP contribution is 2.63. The molecule has 3 aliphatic carbocycles. The summed E-state index contributed by atoms with van der Waals surface area (Å²) in [4.78, 5) is 15.6. The fraction of sp³-hybridized carbons (Fsp3) is 0.513. The predicted octanol–water partition coefficient (Wildman–Crippen LogP) is 8.09. The van der Waals surface area contributed by atoms with Crippen molar-refractivity contribution in [2.45, 2.75) is 90.0 Å². The maximum Gasteiger partial charge on any atom is 0.254 e. The number of alkyl halides is 1. The number of aliphatic hydroxyl groups is 1. The highest BCUT2D eigenvalue weighted by molar-refractivity contribution is 5.94. The molecular formula is C39H48FNO4. The molecule has 3 aromatic rings. The molecule has 3 aliphatic rings. The number of aromatic hydroxyl groups is 1. The number of rotatable bonds is 11. The van der Waals surface area contributed by atoms with E-state index in [1.165, 1.54) is 0 Å². The number of carbonyl (C=O) groups is 1. The maximum atomic E-state index is 16.1. The molecule has 1 amide bonds. The molecule has 2 fully saturated rings. The van der Waals surface area contributed by atoms with Crippen molar-refractivity contribution >= 4 is 5.91 Å². The van der Waals surface area contributed by atoms with Gasteiger partial charge in [-0.1, -0.05) is 56.2 Å². The lowest BCUT2D eigenvalue weighted by Gasteiger charge is -2.54. The first-order valence-corrected chi connectivity index (χ1v) is 17.0. The van der Waals surface area contributed by atoms with E-state index in [4.69, 9.17) is 4.74 Å². The largest absolute Gasteiger partial charge is 0.508 e. The number of nitrogens with zero attached hydrogens (tertiary/aromatic N) is 1. The van der Waals surface area contributed by atoms with E-state index >= 15 is 4.39 Å². The topological polar surface area (TPSA) is 70.0 Å². The Morgan fingerprint density at radius 1 is 1.02 bits per heavy atom. The average Bonchev–Trinajstić information content (AvgIpc) is 3.33. The van der Waals surface area contributed by atoms with Crippen LogP contribution in [0.3, 0.4) is 0 Å².